The lowest BCUT2D eigenvalue weighted by molar-refractivity contribution is -0.128. The van der Waals surface area contributed by atoms with Crippen molar-refractivity contribution in [3.8, 4) is 0 Å². The molecule has 1 amide bonds. The minimum absolute atomic E-state index is 0. The third-order valence-electron chi connectivity index (χ3n) is 3.78. The van der Waals surface area contributed by atoms with Crippen molar-refractivity contribution in [1.29, 1.82) is 0 Å². The summed E-state index contributed by atoms with van der Waals surface area (Å²) in [7, 11) is 1.77. The van der Waals surface area contributed by atoms with Crippen LogP contribution in [0.5, 0.6) is 0 Å². The SMILES string of the molecule is CN=C(NCCNC(=O)C(C)(C)C)NCCN1CCCCC1.I. The van der Waals surface area contributed by atoms with Crippen molar-refractivity contribution in [2.24, 2.45) is 10.4 Å². The number of piperidine rings is 1. The van der Waals surface area contributed by atoms with Gasteiger partial charge < -0.3 is 20.9 Å². The number of carbonyl (C=O) groups is 1. The van der Waals surface area contributed by atoms with Gasteiger partial charge in [0.25, 0.3) is 0 Å². The number of amides is 1. The van der Waals surface area contributed by atoms with E-state index in [1.165, 1.54) is 32.4 Å². The highest BCUT2D eigenvalue weighted by Crippen LogP contribution is 2.11. The number of halogens is 1. The third-order valence-corrected chi connectivity index (χ3v) is 3.78. The van der Waals surface area contributed by atoms with Gasteiger partial charge in [0.1, 0.15) is 0 Å². The number of rotatable bonds is 6. The van der Waals surface area contributed by atoms with Gasteiger partial charge in [0, 0.05) is 38.6 Å². The summed E-state index contributed by atoms with van der Waals surface area (Å²) in [6.45, 7) is 11.4. The van der Waals surface area contributed by atoms with Gasteiger partial charge in [-0.25, -0.2) is 0 Å². The van der Waals surface area contributed by atoms with Crippen LogP contribution in [0.4, 0.5) is 0 Å². The fraction of sp³-hybridized carbons (Fsp3) is 0.875. The first kappa shape index (κ1) is 22.4. The molecule has 1 saturated heterocycles. The largest absolute Gasteiger partial charge is 0.355 e. The average molecular weight is 439 g/mol. The van der Waals surface area contributed by atoms with Gasteiger partial charge in [-0.1, -0.05) is 27.2 Å². The molecule has 0 atom stereocenters. The first-order valence-electron chi connectivity index (χ1n) is 8.38. The highest BCUT2D eigenvalue weighted by atomic mass is 127. The minimum atomic E-state index is -0.339. The number of hydrogen-bond acceptors (Lipinski definition) is 3. The molecule has 6 nitrogen and oxygen atoms in total. The molecule has 0 bridgehead atoms. The van der Waals surface area contributed by atoms with E-state index in [1.807, 2.05) is 20.8 Å². The van der Waals surface area contributed by atoms with Gasteiger partial charge in [-0.2, -0.15) is 0 Å². The van der Waals surface area contributed by atoms with Crippen molar-refractivity contribution in [3.63, 3.8) is 0 Å². The predicted octanol–water partition coefficient (Wildman–Crippen LogP) is 1.42. The van der Waals surface area contributed by atoms with Gasteiger partial charge in [-0.05, 0) is 25.9 Å². The molecule has 1 aliphatic heterocycles. The predicted molar refractivity (Wildman–Crippen MR) is 108 cm³/mol. The number of carbonyl (C=O) groups excluding carboxylic acids is 1. The summed E-state index contributed by atoms with van der Waals surface area (Å²) in [5, 5.41) is 9.46. The van der Waals surface area contributed by atoms with Gasteiger partial charge in [-0.3, -0.25) is 9.79 Å². The second kappa shape index (κ2) is 11.9. The minimum Gasteiger partial charge on any atom is -0.355 e. The van der Waals surface area contributed by atoms with E-state index in [9.17, 15) is 4.79 Å². The summed E-state index contributed by atoms with van der Waals surface area (Å²) in [6.07, 6.45) is 4.01. The van der Waals surface area contributed by atoms with Gasteiger partial charge in [0.05, 0.1) is 0 Å². The lowest BCUT2D eigenvalue weighted by atomic mass is 9.96. The number of nitrogens with zero attached hydrogens (tertiary/aromatic N) is 2. The summed E-state index contributed by atoms with van der Waals surface area (Å²) in [5.74, 6) is 0.865. The van der Waals surface area contributed by atoms with Crippen molar-refractivity contribution in [1.82, 2.24) is 20.9 Å². The van der Waals surface area contributed by atoms with Crippen molar-refractivity contribution in [2.75, 3.05) is 46.3 Å². The van der Waals surface area contributed by atoms with E-state index in [0.29, 0.717) is 13.1 Å². The maximum atomic E-state index is 11.7. The Hall–Kier alpha value is -0.570. The van der Waals surface area contributed by atoms with E-state index in [0.717, 1.165) is 19.0 Å². The zero-order valence-corrected chi connectivity index (χ0v) is 17.4. The van der Waals surface area contributed by atoms with Crippen LogP contribution in [0.15, 0.2) is 4.99 Å². The topological polar surface area (TPSA) is 68.8 Å². The van der Waals surface area contributed by atoms with Crippen LogP contribution in [0.3, 0.4) is 0 Å². The molecule has 0 radical (unpaired) electrons. The summed E-state index contributed by atoms with van der Waals surface area (Å²) in [6, 6.07) is 0. The Bertz CT molecular complexity index is 362. The number of aliphatic imine (C=N–C) groups is 1. The molecular weight excluding hydrogens is 405 g/mol. The van der Waals surface area contributed by atoms with Crippen molar-refractivity contribution in [3.05, 3.63) is 0 Å². The van der Waals surface area contributed by atoms with Gasteiger partial charge in [0.15, 0.2) is 5.96 Å². The smallest absolute Gasteiger partial charge is 0.225 e. The van der Waals surface area contributed by atoms with E-state index in [-0.39, 0.29) is 35.3 Å². The second-order valence-corrected chi connectivity index (χ2v) is 6.83. The molecule has 23 heavy (non-hydrogen) atoms. The van der Waals surface area contributed by atoms with Crippen LogP contribution in [-0.2, 0) is 4.79 Å². The quantitative estimate of drug-likeness (QED) is 0.254. The summed E-state index contributed by atoms with van der Waals surface area (Å²) < 4.78 is 0. The molecule has 0 unspecified atom stereocenters. The van der Waals surface area contributed by atoms with Crippen molar-refractivity contribution >= 4 is 35.8 Å². The zero-order chi connectivity index (χ0) is 16.4. The number of likely N-dealkylation sites (tertiary alicyclic amines) is 1. The normalized spacial score (nSPS) is 16.4. The number of nitrogens with one attached hydrogen (secondary N) is 3. The molecule has 1 fully saturated rings. The Balaban J connectivity index is 0.00000484. The fourth-order valence-corrected chi connectivity index (χ4v) is 2.36. The Morgan fingerprint density at radius 1 is 1.00 bits per heavy atom. The van der Waals surface area contributed by atoms with Crippen LogP contribution >= 0.6 is 24.0 Å². The standard InChI is InChI=1S/C16H33N5O.HI/c1-16(2,3)14(22)18-8-9-19-15(17-4)20-10-13-21-11-6-5-7-12-21;/h5-13H2,1-4H3,(H,18,22)(H2,17,19,20);1H. The van der Waals surface area contributed by atoms with E-state index in [4.69, 9.17) is 0 Å². The van der Waals surface area contributed by atoms with Crippen LogP contribution in [-0.4, -0.2) is 63.1 Å². The van der Waals surface area contributed by atoms with Crippen LogP contribution in [0.1, 0.15) is 40.0 Å². The molecular formula is C16H34IN5O. The first-order chi connectivity index (χ1) is 10.4. The molecule has 1 heterocycles. The van der Waals surface area contributed by atoms with Crippen molar-refractivity contribution < 1.29 is 4.79 Å². The summed E-state index contributed by atoms with van der Waals surface area (Å²) in [5.41, 5.74) is -0.339. The third kappa shape index (κ3) is 10.0. The Morgan fingerprint density at radius 3 is 2.13 bits per heavy atom. The summed E-state index contributed by atoms with van der Waals surface area (Å²) in [4.78, 5) is 18.4. The van der Waals surface area contributed by atoms with E-state index in [2.05, 4.69) is 25.8 Å². The van der Waals surface area contributed by atoms with Gasteiger partial charge in [-0.15, -0.1) is 24.0 Å². The highest BCUT2D eigenvalue weighted by molar-refractivity contribution is 14.0. The second-order valence-electron chi connectivity index (χ2n) is 6.83. The molecule has 7 heteroatoms. The summed E-state index contributed by atoms with van der Waals surface area (Å²) >= 11 is 0. The average Bonchev–Trinajstić information content (AvgIpc) is 2.49. The van der Waals surface area contributed by atoms with Crippen LogP contribution in [0.2, 0.25) is 0 Å². The monoisotopic (exact) mass is 439 g/mol. The Morgan fingerprint density at radius 2 is 1.57 bits per heavy atom. The van der Waals surface area contributed by atoms with Crippen molar-refractivity contribution in [2.45, 2.75) is 40.0 Å². The molecule has 0 aromatic rings. The molecule has 0 spiro atoms. The molecule has 1 aliphatic rings. The Labute approximate surface area is 158 Å². The molecule has 0 aliphatic carbocycles. The molecule has 0 aromatic heterocycles. The van der Waals surface area contributed by atoms with Gasteiger partial charge >= 0.3 is 0 Å². The molecule has 1 rings (SSSR count). The fourth-order valence-electron chi connectivity index (χ4n) is 2.36. The van der Waals surface area contributed by atoms with E-state index < -0.39 is 0 Å². The van der Waals surface area contributed by atoms with Gasteiger partial charge in [0.2, 0.25) is 5.91 Å². The van der Waals surface area contributed by atoms with Crippen LogP contribution in [0.25, 0.3) is 0 Å². The lowest BCUT2D eigenvalue weighted by Gasteiger charge is -2.26. The molecule has 3 N–H and O–H groups in total. The number of hydrogen-bond donors (Lipinski definition) is 3. The van der Waals surface area contributed by atoms with Crippen LogP contribution < -0.4 is 16.0 Å². The molecule has 0 saturated carbocycles. The number of guanidine groups is 1. The zero-order valence-electron chi connectivity index (χ0n) is 15.1. The first-order valence-corrected chi connectivity index (χ1v) is 8.38. The van der Waals surface area contributed by atoms with Crippen LogP contribution in [0, 0.1) is 5.41 Å². The maximum absolute atomic E-state index is 11.7. The molecule has 136 valence electrons. The van der Waals surface area contributed by atoms with E-state index in [1.54, 1.807) is 7.05 Å². The Kier molecular flexibility index (Phi) is 11.6. The maximum Gasteiger partial charge on any atom is 0.225 e. The van der Waals surface area contributed by atoms with E-state index >= 15 is 0 Å². The lowest BCUT2D eigenvalue weighted by Crippen LogP contribution is -2.45. The highest BCUT2D eigenvalue weighted by Gasteiger charge is 2.20. The molecule has 0 aromatic carbocycles.